The van der Waals surface area contributed by atoms with E-state index in [2.05, 4.69) is 27.4 Å². The molecule has 74 valence electrons. The van der Waals surface area contributed by atoms with E-state index in [0.29, 0.717) is 18.7 Å². The van der Waals surface area contributed by atoms with Crippen molar-refractivity contribution >= 4 is 17.4 Å². The summed E-state index contributed by atoms with van der Waals surface area (Å²) in [6, 6.07) is 0. The molecule has 0 aliphatic carbocycles. The van der Waals surface area contributed by atoms with Crippen molar-refractivity contribution in [2.24, 2.45) is 4.99 Å². The fourth-order valence-corrected chi connectivity index (χ4v) is 1.08. The van der Waals surface area contributed by atoms with E-state index in [4.69, 9.17) is 0 Å². The molecule has 0 fully saturated rings. The molecule has 1 rings (SSSR count). The number of hydrogen-bond acceptors (Lipinski definition) is 4. The van der Waals surface area contributed by atoms with Crippen molar-refractivity contribution in [3.05, 3.63) is 32.6 Å². The van der Waals surface area contributed by atoms with Crippen LogP contribution in [0, 0.1) is 6.92 Å². The molecule has 1 heterocycles. The molecule has 0 saturated heterocycles. The standard InChI is InChI=1S/C8H9N3O2S/c1-6-4-11(3-2-9-5-14)8(13)10-7(6)12/h4H,2-3H2,1H3,(H,10,12,13). The molecule has 0 atom stereocenters. The number of thiocarbonyl (C=S) groups is 1. The number of aliphatic imine (C=N–C) groups is 1. The highest BCUT2D eigenvalue weighted by atomic mass is 32.1. The fourth-order valence-electron chi connectivity index (χ4n) is 0.988. The maximum atomic E-state index is 11.2. The lowest BCUT2D eigenvalue weighted by molar-refractivity contribution is 0.653. The lowest BCUT2D eigenvalue weighted by atomic mass is 10.4. The molecule has 0 spiro atoms. The summed E-state index contributed by atoms with van der Waals surface area (Å²) in [6.07, 6.45) is 1.50. The number of isothiocyanates is 1. The Morgan fingerprint density at radius 2 is 2.36 bits per heavy atom. The van der Waals surface area contributed by atoms with Crippen LogP contribution in [0.3, 0.4) is 0 Å². The number of aromatic amines is 1. The molecule has 1 aromatic heterocycles. The van der Waals surface area contributed by atoms with Crippen LogP contribution in [0.5, 0.6) is 0 Å². The van der Waals surface area contributed by atoms with Gasteiger partial charge < -0.3 is 0 Å². The van der Waals surface area contributed by atoms with E-state index >= 15 is 0 Å². The highest BCUT2D eigenvalue weighted by Crippen LogP contribution is 1.84. The van der Waals surface area contributed by atoms with Crippen molar-refractivity contribution in [2.75, 3.05) is 6.54 Å². The van der Waals surface area contributed by atoms with E-state index in [9.17, 15) is 9.59 Å². The second kappa shape index (κ2) is 4.64. The summed E-state index contributed by atoms with van der Waals surface area (Å²) >= 11 is 4.38. The third-order valence-corrected chi connectivity index (χ3v) is 1.84. The molecule has 5 nitrogen and oxygen atoms in total. The molecule has 0 aliphatic rings. The van der Waals surface area contributed by atoms with Crippen LogP contribution in [-0.4, -0.2) is 21.3 Å². The Balaban J connectivity index is 2.98. The topological polar surface area (TPSA) is 67.2 Å². The van der Waals surface area contributed by atoms with Gasteiger partial charge in [-0.25, -0.2) is 9.79 Å². The first-order chi connectivity index (χ1) is 6.65. The Bertz CT molecular complexity index is 482. The summed E-state index contributed by atoms with van der Waals surface area (Å²) in [6.45, 7) is 2.41. The lowest BCUT2D eigenvalue weighted by Gasteiger charge is -2.02. The second-order valence-corrected chi connectivity index (χ2v) is 2.92. The molecular formula is C8H9N3O2S. The van der Waals surface area contributed by atoms with E-state index in [-0.39, 0.29) is 5.56 Å². The van der Waals surface area contributed by atoms with Crippen molar-refractivity contribution in [3.8, 4) is 0 Å². The number of nitrogens with zero attached hydrogens (tertiary/aromatic N) is 2. The van der Waals surface area contributed by atoms with E-state index in [1.165, 1.54) is 10.8 Å². The predicted octanol–water partition coefficient (Wildman–Crippen LogP) is -0.0522. The Kier molecular flexibility index (Phi) is 3.50. The first kappa shape index (κ1) is 10.6. The first-order valence-corrected chi connectivity index (χ1v) is 4.40. The monoisotopic (exact) mass is 211 g/mol. The van der Waals surface area contributed by atoms with Crippen LogP contribution in [0.1, 0.15) is 5.56 Å². The number of nitrogens with one attached hydrogen (secondary N) is 1. The van der Waals surface area contributed by atoms with Gasteiger partial charge in [-0.2, -0.15) is 0 Å². The maximum absolute atomic E-state index is 11.2. The number of rotatable bonds is 3. The largest absolute Gasteiger partial charge is 0.328 e. The zero-order valence-corrected chi connectivity index (χ0v) is 8.43. The van der Waals surface area contributed by atoms with Crippen LogP contribution >= 0.6 is 12.2 Å². The number of hydrogen-bond donors (Lipinski definition) is 1. The van der Waals surface area contributed by atoms with Gasteiger partial charge in [0.2, 0.25) is 0 Å². The molecule has 0 aliphatic heterocycles. The summed E-state index contributed by atoms with van der Waals surface area (Å²) in [5, 5.41) is 2.20. The average Bonchev–Trinajstić information content (AvgIpc) is 2.14. The highest BCUT2D eigenvalue weighted by molar-refractivity contribution is 7.78. The Labute approximate surface area is 85.1 Å². The van der Waals surface area contributed by atoms with Gasteiger partial charge in [-0.05, 0) is 19.1 Å². The molecule has 0 bridgehead atoms. The van der Waals surface area contributed by atoms with E-state index < -0.39 is 5.69 Å². The quantitative estimate of drug-likeness (QED) is 0.563. The minimum absolute atomic E-state index is 0.357. The fraction of sp³-hybridized carbons (Fsp3) is 0.375. The molecule has 0 radical (unpaired) electrons. The summed E-state index contributed by atoms with van der Waals surface area (Å²) in [4.78, 5) is 28.1. The van der Waals surface area contributed by atoms with Gasteiger partial charge >= 0.3 is 5.69 Å². The average molecular weight is 211 g/mol. The first-order valence-electron chi connectivity index (χ1n) is 3.99. The van der Waals surface area contributed by atoms with Gasteiger partial charge in [0.15, 0.2) is 0 Å². The Morgan fingerprint density at radius 1 is 1.64 bits per heavy atom. The lowest BCUT2D eigenvalue weighted by Crippen LogP contribution is -2.31. The normalized spacial score (nSPS) is 9.50. The van der Waals surface area contributed by atoms with Crippen molar-refractivity contribution in [3.63, 3.8) is 0 Å². The Hall–Kier alpha value is -1.52. The van der Waals surface area contributed by atoms with E-state index in [1.54, 1.807) is 6.92 Å². The van der Waals surface area contributed by atoms with Gasteiger partial charge in [-0.3, -0.25) is 14.3 Å². The smallest absolute Gasteiger partial charge is 0.298 e. The molecule has 1 N–H and O–H groups in total. The van der Waals surface area contributed by atoms with E-state index in [0.717, 1.165) is 0 Å². The van der Waals surface area contributed by atoms with Crippen molar-refractivity contribution < 1.29 is 0 Å². The molecule has 14 heavy (non-hydrogen) atoms. The third kappa shape index (κ3) is 2.48. The number of aromatic nitrogens is 2. The van der Waals surface area contributed by atoms with Gasteiger partial charge in [0.25, 0.3) is 5.56 Å². The van der Waals surface area contributed by atoms with Gasteiger partial charge in [0.1, 0.15) is 0 Å². The van der Waals surface area contributed by atoms with Crippen LogP contribution in [0.25, 0.3) is 0 Å². The zero-order chi connectivity index (χ0) is 10.6. The van der Waals surface area contributed by atoms with Crippen molar-refractivity contribution in [1.82, 2.24) is 9.55 Å². The molecule has 0 amide bonds. The second-order valence-electron chi connectivity index (χ2n) is 2.74. The molecular weight excluding hydrogens is 202 g/mol. The number of aryl methyl sites for hydroxylation is 1. The highest BCUT2D eigenvalue weighted by Gasteiger charge is 1.98. The van der Waals surface area contributed by atoms with Crippen LogP contribution in [-0.2, 0) is 6.54 Å². The third-order valence-electron chi connectivity index (χ3n) is 1.71. The summed E-state index contributed by atoms with van der Waals surface area (Å²) in [5.74, 6) is 0. The minimum atomic E-state index is -0.430. The molecule has 0 saturated carbocycles. The summed E-state index contributed by atoms with van der Waals surface area (Å²) < 4.78 is 1.38. The molecule has 0 unspecified atom stereocenters. The van der Waals surface area contributed by atoms with Gasteiger partial charge in [0, 0.05) is 18.3 Å². The van der Waals surface area contributed by atoms with Crippen molar-refractivity contribution in [2.45, 2.75) is 13.5 Å². The zero-order valence-electron chi connectivity index (χ0n) is 7.61. The Morgan fingerprint density at radius 3 is 3.00 bits per heavy atom. The SMILES string of the molecule is Cc1cn(CCN=C=S)c(=O)[nH]c1=O. The number of H-pyrrole nitrogens is 1. The van der Waals surface area contributed by atoms with Crippen LogP contribution in [0.15, 0.2) is 20.8 Å². The molecule has 1 aromatic rings. The minimum Gasteiger partial charge on any atom is -0.298 e. The predicted molar refractivity (Wildman–Crippen MR) is 56.0 cm³/mol. The molecule has 0 aromatic carbocycles. The maximum Gasteiger partial charge on any atom is 0.328 e. The van der Waals surface area contributed by atoms with Crippen LogP contribution in [0.4, 0.5) is 0 Å². The van der Waals surface area contributed by atoms with E-state index in [1.807, 2.05) is 0 Å². The van der Waals surface area contributed by atoms with Gasteiger partial charge in [0.05, 0.1) is 11.7 Å². The van der Waals surface area contributed by atoms with Crippen molar-refractivity contribution in [1.29, 1.82) is 0 Å². The molecule has 6 heteroatoms. The van der Waals surface area contributed by atoms with Crippen LogP contribution < -0.4 is 11.2 Å². The summed E-state index contributed by atoms with van der Waals surface area (Å²) in [7, 11) is 0. The van der Waals surface area contributed by atoms with Crippen LogP contribution in [0.2, 0.25) is 0 Å². The van der Waals surface area contributed by atoms with Gasteiger partial charge in [-0.15, -0.1) is 0 Å². The summed E-state index contributed by atoms with van der Waals surface area (Å²) in [5.41, 5.74) is -0.291. The van der Waals surface area contributed by atoms with Gasteiger partial charge in [-0.1, -0.05) is 0 Å².